The van der Waals surface area contributed by atoms with E-state index in [-0.39, 0.29) is 5.91 Å². The summed E-state index contributed by atoms with van der Waals surface area (Å²) in [4.78, 5) is 22.1. The maximum atomic E-state index is 12.4. The van der Waals surface area contributed by atoms with E-state index >= 15 is 0 Å². The third-order valence-electron chi connectivity index (χ3n) is 3.15. The lowest BCUT2D eigenvalue weighted by Gasteiger charge is -2.08. The lowest BCUT2D eigenvalue weighted by atomic mass is 10.2. The number of pyridine rings is 1. The summed E-state index contributed by atoms with van der Waals surface area (Å²) >= 11 is 6.49. The number of halogens is 1. The standard InChI is InChI=1S/C17H14BrN3OS2/c18-12-3-5-13(6-4-12)24-17-14(2-1-8-21-17)16(22)20-9-7-15-19-10-11-23-15/h1-6,8,10-11H,7,9H2,(H,20,22). The Morgan fingerprint density at radius 3 is 2.75 bits per heavy atom. The number of nitrogens with one attached hydrogen (secondary N) is 1. The van der Waals surface area contributed by atoms with Crippen LogP contribution in [0.25, 0.3) is 0 Å². The van der Waals surface area contributed by atoms with Crippen LogP contribution in [0.3, 0.4) is 0 Å². The molecule has 2 aromatic heterocycles. The maximum absolute atomic E-state index is 12.4. The molecule has 0 bridgehead atoms. The van der Waals surface area contributed by atoms with E-state index in [1.165, 1.54) is 11.8 Å². The van der Waals surface area contributed by atoms with E-state index < -0.39 is 0 Å². The van der Waals surface area contributed by atoms with E-state index in [4.69, 9.17) is 0 Å². The third kappa shape index (κ3) is 4.66. The zero-order chi connectivity index (χ0) is 16.8. The van der Waals surface area contributed by atoms with E-state index in [1.807, 2.05) is 29.6 Å². The van der Waals surface area contributed by atoms with Gasteiger partial charge in [0.05, 0.1) is 10.6 Å². The minimum atomic E-state index is -0.112. The van der Waals surface area contributed by atoms with Gasteiger partial charge in [-0.3, -0.25) is 4.79 Å². The van der Waals surface area contributed by atoms with Crippen LogP contribution in [0.1, 0.15) is 15.4 Å². The number of carbonyl (C=O) groups is 1. The molecule has 0 unspecified atom stereocenters. The molecular formula is C17H14BrN3OS2. The van der Waals surface area contributed by atoms with Crippen molar-refractivity contribution in [3.63, 3.8) is 0 Å². The highest BCUT2D eigenvalue weighted by Gasteiger charge is 2.13. The number of thiazole rings is 1. The van der Waals surface area contributed by atoms with Crippen molar-refractivity contribution in [2.75, 3.05) is 6.54 Å². The Balaban J connectivity index is 1.66. The normalized spacial score (nSPS) is 10.5. The summed E-state index contributed by atoms with van der Waals surface area (Å²) in [5.74, 6) is -0.112. The largest absolute Gasteiger partial charge is 0.352 e. The molecule has 0 saturated heterocycles. The Hall–Kier alpha value is -1.70. The molecule has 0 fully saturated rings. The zero-order valence-corrected chi connectivity index (χ0v) is 15.8. The summed E-state index contributed by atoms with van der Waals surface area (Å²) in [5.41, 5.74) is 0.588. The first-order valence-corrected chi connectivity index (χ1v) is 9.76. The fourth-order valence-electron chi connectivity index (χ4n) is 2.01. The number of rotatable bonds is 6. The second-order valence-electron chi connectivity index (χ2n) is 4.84. The highest BCUT2D eigenvalue weighted by Crippen LogP contribution is 2.29. The fraction of sp³-hybridized carbons (Fsp3) is 0.118. The van der Waals surface area contributed by atoms with Gasteiger partial charge in [-0.05, 0) is 36.4 Å². The van der Waals surface area contributed by atoms with Crippen molar-refractivity contribution in [1.29, 1.82) is 0 Å². The average Bonchev–Trinajstić information content (AvgIpc) is 3.11. The number of carbonyl (C=O) groups excluding carboxylic acids is 1. The summed E-state index contributed by atoms with van der Waals surface area (Å²) in [7, 11) is 0. The second-order valence-corrected chi connectivity index (χ2v) is 7.80. The van der Waals surface area contributed by atoms with Gasteiger partial charge >= 0.3 is 0 Å². The second kappa shape index (κ2) is 8.41. The Morgan fingerprint density at radius 2 is 2.00 bits per heavy atom. The van der Waals surface area contributed by atoms with Crippen molar-refractivity contribution >= 4 is 44.9 Å². The van der Waals surface area contributed by atoms with Gasteiger partial charge in [-0.25, -0.2) is 9.97 Å². The summed E-state index contributed by atoms with van der Waals surface area (Å²) in [6.45, 7) is 0.559. The van der Waals surface area contributed by atoms with Crippen LogP contribution >= 0.6 is 39.0 Å². The monoisotopic (exact) mass is 419 g/mol. The van der Waals surface area contributed by atoms with Crippen molar-refractivity contribution < 1.29 is 4.79 Å². The molecule has 0 radical (unpaired) electrons. The molecule has 3 rings (SSSR count). The first kappa shape index (κ1) is 17.1. The molecule has 24 heavy (non-hydrogen) atoms. The molecule has 1 N–H and O–H groups in total. The predicted octanol–water partition coefficient (Wildman–Crippen LogP) is 4.42. The minimum absolute atomic E-state index is 0.112. The molecule has 7 heteroatoms. The van der Waals surface area contributed by atoms with Gasteiger partial charge in [0.2, 0.25) is 0 Å². The third-order valence-corrected chi connectivity index (χ3v) is 5.55. The highest BCUT2D eigenvalue weighted by molar-refractivity contribution is 9.10. The average molecular weight is 420 g/mol. The molecule has 0 spiro atoms. The Bertz CT molecular complexity index is 807. The molecule has 1 aromatic carbocycles. The van der Waals surface area contributed by atoms with Crippen molar-refractivity contribution in [3.8, 4) is 0 Å². The molecule has 0 saturated carbocycles. The molecule has 1 amide bonds. The topological polar surface area (TPSA) is 54.9 Å². The maximum Gasteiger partial charge on any atom is 0.254 e. The summed E-state index contributed by atoms with van der Waals surface area (Å²) in [5, 5.41) is 6.60. The lowest BCUT2D eigenvalue weighted by Crippen LogP contribution is -2.26. The molecule has 3 aromatic rings. The van der Waals surface area contributed by atoms with Crippen LogP contribution in [-0.2, 0) is 6.42 Å². The lowest BCUT2D eigenvalue weighted by molar-refractivity contribution is 0.0950. The number of hydrogen-bond acceptors (Lipinski definition) is 5. The predicted molar refractivity (Wildman–Crippen MR) is 101 cm³/mol. The number of nitrogens with zero attached hydrogens (tertiary/aromatic N) is 2. The smallest absolute Gasteiger partial charge is 0.254 e. The first-order chi connectivity index (χ1) is 11.7. The molecule has 0 atom stereocenters. The van der Waals surface area contributed by atoms with Gasteiger partial charge < -0.3 is 5.32 Å². The van der Waals surface area contributed by atoms with Gasteiger partial charge in [-0.15, -0.1) is 11.3 Å². The number of benzene rings is 1. The van der Waals surface area contributed by atoms with Gasteiger partial charge in [0, 0.05) is 40.1 Å². The number of hydrogen-bond donors (Lipinski definition) is 1. The van der Waals surface area contributed by atoms with Gasteiger partial charge in [-0.2, -0.15) is 0 Å². The quantitative estimate of drug-likeness (QED) is 0.641. The van der Waals surface area contributed by atoms with Gasteiger partial charge in [0.1, 0.15) is 5.03 Å². The van der Waals surface area contributed by atoms with Gasteiger partial charge in [0.25, 0.3) is 5.91 Å². The minimum Gasteiger partial charge on any atom is -0.352 e. The van der Waals surface area contributed by atoms with E-state index in [9.17, 15) is 4.79 Å². The molecule has 122 valence electrons. The van der Waals surface area contributed by atoms with Crippen LogP contribution in [-0.4, -0.2) is 22.4 Å². The Morgan fingerprint density at radius 1 is 1.17 bits per heavy atom. The zero-order valence-electron chi connectivity index (χ0n) is 12.6. The number of aromatic nitrogens is 2. The summed E-state index contributed by atoms with van der Waals surface area (Å²) < 4.78 is 1.02. The van der Waals surface area contributed by atoms with Crippen LogP contribution < -0.4 is 5.32 Å². The first-order valence-electron chi connectivity index (χ1n) is 7.27. The van der Waals surface area contributed by atoms with E-state index in [0.717, 1.165) is 20.8 Å². The molecule has 0 aliphatic heterocycles. The molecule has 0 aliphatic rings. The van der Waals surface area contributed by atoms with Gasteiger partial charge in [-0.1, -0.05) is 27.7 Å². The van der Waals surface area contributed by atoms with Crippen LogP contribution in [0.5, 0.6) is 0 Å². The Labute approximate surface area is 156 Å². The van der Waals surface area contributed by atoms with Crippen LogP contribution in [0, 0.1) is 0 Å². The molecule has 4 nitrogen and oxygen atoms in total. The van der Waals surface area contributed by atoms with Crippen LogP contribution in [0.15, 0.2) is 68.6 Å². The van der Waals surface area contributed by atoms with Crippen LogP contribution in [0.4, 0.5) is 0 Å². The summed E-state index contributed by atoms with van der Waals surface area (Å²) in [6.07, 6.45) is 4.21. The van der Waals surface area contributed by atoms with E-state index in [0.29, 0.717) is 17.1 Å². The van der Waals surface area contributed by atoms with E-state index in [1.54, 1.807) is 35.9 Å². The van der Waals surface area contributed by atoms with Crippen molar-refractivity contribution in [3.05, 3.63) is 69.2 Å². The molecule has 2 heterocycles. The fourth-order valence-corrected chi connectivity index (χ4v) is 3.78. The van der Waals surface area contributed by atoms with Crippen molar-refractivity contribution in [2.45, 2.75) is 16.3 Å². The Kier molecular flexibility index (Phi) is 6.01. The van der Waals surface area contributed by atoms with Crippen molar-refractivity contribution in [2.24, 2.45) is 0 Å². The highest BCUT2D eigenvalue weighted by atomic mass is 79.9. The molecule has 0 aliphatic carbocycles. The van der Waals surface area contributed by atoms with Crippen molar-refractivity contribution in [1.82, 2.24) is 15.3 Å². The van der Waals surface area contributed by atoms with E-state index in [2.05, 4.69) is 31.2 Å². The van der Waals surface area contributed by atoms with Gasteiger partial charge in [0.15, 0.2) is 0 Å². The SMILES string of the molecule is O=C(NCCc1nccs1)c1cccnc1Sc1ccc(Br)cc1. The molecular weight excluding hydrogens is 406 g/mol. The number of amides is 1. The summed E-state index contributed by atoms with van der Waals surface area (Å²) in [6, 6.07) is 11.5. The van der Waals surface area contributed by atoms with Crippen LogP contribution in [0.2, 0.25) is 0 Å².